The van der Waals surface area contributed by atoms with Crippen LogP contribution in [0.1, 0.15) is 37.3 Å². The highest BCUT2D eigenvalue weighted by Gasteiger charge is 2.27. The van der Waals surface area contributed by atoms with E-state index < -0.39 is 0 Å². The minimum absolute atomic E-state index is 0.471. The van der Waals surface area contributed by atoms with Gasteiger partial charge >= 0.3 is 0 Å². The van der Waals surface area contributed by atoms with Crippen LogP contribution >= 0.6 is 15.9 Å². The Labute approximate surface area is 119 Å². The molecule has 0 amide bonds. The van der Waals surface area contributed by atoms with Gasteiger partial charge in [-0.1, -0.05) is 34.1 Å². The van der Waals surface area contributed by atoms with Crippen molar-refractivity contribution >= 4 is 15.9 Å². The Morgan fingerprint density at radius 2 is 1.78 bits per heavy atom. The van der Waals surface area contributed by atoms with E-state index in [1.165, 1.54) is 35.7 Å². The summed E-state index contributed by atoms with van der Waals surface area (Å²) in [6.45, 7) is 0. The highest BCUT2D eigenvalue weighted by Crippen LogP contribution is 2.36. The lowest BCUT2D eigenvalue weighted by Crippen LogP contribution is -2.35. The topological polar surface area (TPSA) is 24.1 Å². The Balaban J connectivity index is 2.08. The third-order valence-electron chi connectivity index (χ3n) is 4.20. The summed E-state index contributed by atoms with van der Waals surface area (Å²) in [5, 5.41) is 6.91. The smallest absolute Gasteiger partial charge is 0.0357 e. The maximum Gasteiger partial charge on any atom is 0.0357 e. The molecular formula is C15H23BrN2. The van der Waals surface area contributed by atoms with Crippen molar-refractivity contribution in [1.29, 1.82) is 0 Å². The molecule has 0 spiro atoms. The van der Waals surface area contributed by atoms with Gasteiger partial charge in [0.05, 0.1) is 0 Å². The van der Waals surface area contributed by atoms with E-state index in [1.807, 2.05) is 0 Å². The fourth-order valence-electron chi connectivity index (χ4n) is 3.11. The second kappa shape index (κ2) is 6.69. The number of rotatable bonds is 4. The average Bonchev–Trinajstić information content (AvgIpc) is 2.42. The standard InChI is InChI=1S/C15H23BrN2/c1-17-12-9-7-11(8-10-12)15(18-2)13-5-3-4-6-14(13)16/h3-6,11-12,15,17-18H,7-10H2,1-2H3. The van der Waals surface area contributed by atoms with Crippen molar-refractivity contribution in [3.05, 3.63) is 34.3 Å². The molecule has 1 aliphatic carbocycles. The van der Waals surface area contributed by atoms with Crippen LogP contribution in [0, 0.1) is 5.92 Å². The molecule has 1 aliphatic rings. The highest BCUT2D eigenvalue weighted by atomic mass is 79.9. The van der Waals surface area contributed by atoms with Crippen LogP contribution in [0.25, 0.3) is 0 Å². The molecule has 0 aromatic heterocycles. The van der Waals surface area contributed by atoms with Crippen molar-refractivity contribution in [2.24, 2.45) is 5.92 Å². The lowest BCUT2D eigenvalue weighted by molar-refractivity contribution is 0.247. The Morgan fingerprint density at radius 3 is 2.33 bits per heavy atom. The van der Waals surface area contributed by atoms with Crippen molar-refractivity contribution in [1.82, 2.24) is 10.6 Å². The molecule has 2 nitrogen and oxygen atoms in total. The Kier molecular flexibility index (Phi) is 5.22. The summed E-state index contributed by atoms with van der Waals surface area (Å²) in [5.41, 5.74) is 1.40. The summed E-state index contributed by atoms with van der Waals surface area (Å²) >= 11 is 3.68. The number of hydrogen-bond donors (Lipinski definition) is 2. The summed E-state index contributed by atoms with van der Waals surface area (Å²) in [5.74, 6) is 0.748. The van der Waals surface area contributed by atoms with Gasteiger partial charge < -0.3 is 10.6 Å². The van der Waals surface area contributed by atoms with E-state index in [9.17, 15) is 0 Å². The molecule has 0 saturated heterocycles. The van der Waals surface area contributed by atoms with E-state index in [-0.39, 0.29) is 0 Å². The van der Waals surface area contributed by atoms with Crippen LogP contribution in [0.5, 0.6) is 0 Å². The predicted molar refractivity (Wildman–Crippen MR) is 80.7 cm³/mol. The molecule has 1 atom stereocenters. The van der Waals surface area contributed by atoms with Crippen LogP contribution in [-0.2, 0) is 0 Å². The van der Waals surface area contributed by atoms with Gasteiger partial charge in [-0.05, 0) is 57.3 Å². The van der Waals surface area contributed by atoms with Gasteiger partial charge in [0.2, 0.25) is 0 Å². The summed E-state index contributed by atoms with van der Waals surface area (Å²) in [7, 11) is 4.16. The molecule has 1 aromatic rings. The lowest BCUT2D eigenvalue weighted by atomic mass is 9.79. The Morgan fingerprint density at radius 1 is 1.11 bits per heavy atom. The van der Waals surface area contributed by atoms with Crippen LogP contribution in [0.3, 0.4) is 0 Å². The fraction of sp³-hybridized carbons (Fsp3) is 0.600. The quantitative estimate of drug-likeness (QED) is 0.889. The molecule has 3 heteroatoms. The van der Waals surface area contributed by atoms with Gasteiger partial charge in [-0.15, -0.1) is 0 Å². The highest BCUT2D eigenvalue weighted by molar-refractivity contribution is 9.10. The molecule has 0 bridgehead atoms. The van der Waals surface area contributed by atoms with Crippen LogP contribution in [-0.4, -0.2) is 20.1 Å². The first-order valence-corrected chi connectivity index (χ1v) is 7.64. The molecule has 1 unspecified atom stereocenters. The van der Waals surface area contributed by atoms with Crippen LogP contribution < -0.4 is 10.6 Å². The second-order valence-corrected chi connectivity index (χ2v) is 6.04. The summed E-state index contributed by atoms with van der Waals surface area (Å²) in [6.07, 6.45) is 5.20. The molecule has 18 heavy (non-hydrogen) atoms. The van der Waals surface area contributed by atoms with Gasteiger partial charge in [0.15, 0.2) is 0 Å². The predicted octanol–water partition coefficient (Wildman–Crippen LogP) is 3.49. The van der Waals surface area contributed by atoms with Crippen molar-refractivity contribution in [2.75, 3.05) is 14.1 Å². The zero-order chi connectivity index (χ0) is 13.0. The van der Waals surface area contributed by atoms with Crippen molar-refractivity contribution in [3.8, 4) is 0 Å². The maximum absolute atomic E-state index is 3.68. The first-order valence-electron chi connectivity index (χ1n) is 6.85. The molecule has 1 aromatic carbocycles. The summed E-state index contributed by atoms with van der Waals surface area (Å²) < 4.78 is 1.22. The van der Waals surface area contributed by atoms with Crippen LogP contribution in [0.2, 0.25) is 0 Å². The minimum Gasteiger partial charge on any atom is -0.317 e. The first-order chi connectivity index (χ1) is 8.76. The van der Waals surface area contributed by atoms with Crippen LogP contribution in [0.4, 0.5) is 0 Å². The third kappa shape index (κ3) is 3.14. The second-order valence-electron chi connectivity index (χ2n) is 5.19. The third-order valence-corrected chi connectivity index (χ3v) is 4.92. The van der Waals surface area contributed by atoms with Crippen LogP contribution in [0.15, 0.2) is 28.7 Å². The number of halogens is 1. The van der Waals surface area contributed by atoms with E-state index in [0.29, 0.717) is 6.04 Å². The number of hydrogen-bond acceptors (Lipinski definition) is 2. The van der Waals surface area contributed by atoms with E-state index in [4.69, 9.17) is 0 Å². The molecule has 2 N–H and O–H groups in total. The Hall–Kier alpha value is -0.380. The molecule has 0 aliphatic heterocycles. The molecular weight excluding hydrogens is 288 g/mol. The van der Waals surface area contributed by atoms with E-state index in [2.05, 4.69) is 64.9 Å². The first kappa shape index (κ1) is 14.0. The van der Waals surface area contributed by atoms with Crippen molar-refractivity contribution < 1.29 is 0 Å². The van der Waals surface area contributed by atoms with E-state index in [0.717, 1.165) is 12.0 Å². The normalized spacial score (nSPS) is 25.9. The number of nitrogens with one attached hydrogen (secondary N) is 2. The molecule has 0 heterocycles. The lowest BCUT2D eigenvalue weighted by Gasteiger charge is -2.34. The zero-order valence-corrected chi connectivity index (χ0v) is 12.8. The van der Waals surface area contributed by atoms with Crippen molar-refractivity contribution in [2.45, 2.75) is 37.8 Å². The van der Waals surface area contributed by atoms with Gasteiger partial charge in [-0.25, -0.2) is 0 Å². The van der Waals surface area contributed by atoms with Crippen molar-refractivity contribution in [3.63, 3.8) is 0 Å². The van der Waals surface area contributed by atoms with Gasteiger partial charge in [-0.3, -0.25) is 0 Å². The number of benzene rings is 1. The largest absolute Gasteiger partial charge is 0.317 e. The van der Waals surface area contributed by atoms with E-state index in [1.54, 1.807) is 0 Å². The van der Waals surface area contributed by atoms with Gasteiger partial charge in [0.25, 0.3) is 0 Å². The summed E-state index contributed by atoms with van der Waals surface area (Å²) in [4.78, 5) is 0. The molecule has 1 saturated carbocycles. The SMILES string of the molecule is CNC1CCC(C(NC)c2ccccc2Br)CC1. The minimum atomic E-state index is 0.471. The van der Waals surface area contributed by atoms with Gasteiger partial charge in [0.1, 0.15) is 0 Å². The molecule has 2 rings (SSSR count). The Bertz CT molecular complexity index is 373. The van der Waals surface area contributed by atoms with Gasteiger partial charge in [-0.2, -0.15) is 0 Å². The zero-order valence-electron chi connectivity index (χ0n) is 11.2. The summed E-state index contributed by atoms with van der Waals surface area (Å²) in [6, 6.07) is 9.77. The average molecular weight is 311 g/mol. The molecule has 100 valence electrons. The van der Waals surface area contributed by atoms with Gasteiger partial charge in [0, 0.05) is 16.6 Å². The van der Waals surface area contributed by atoms with E-state index >= 15 is 0 Å². The maximum atomic E-state index is 3.68. The fourth-order valence-corrected chi connectivity index (χ4v) is 3.65. The monoisotopic (exact) mass is 310 g/mol. The molecule has 0 radical (unpaired) electrons. The molecule has 1 fully saturated rings.